The van der Waals surface area contributed by atoms with Crippen LogP contribution < -0.4 is 5.32 Å². The Labute approximate surface area is 168 Å². The van der Waals surface area contributed by atoms with Crippen LogP contribution in [0.15, 0.2) is 79.1 Å². The van der Waals surface area contributed by atoms with Crippen LogP contribution in [0, 0.1) is 5.82 Å². The molecule has 0 saturated heterocycles. The molecule has 0 aliphatic rings. The maximum atomic E-state index is 14.6. The van der Waals surface area contributed by atoms with Crippen LogP contribution in [0.25, 0.3) is 10.9 Å². The van der Waals surface area contributed by atoms with Crippen LogP contribution in [0.5, 0.6) is 0 Å². The van der Waals surface area contributed by atoms with Crippen molar-refractivity contribution in [2.24, 2.45) is 0 Å². The number of pyridine rings is 1. The van der Waals surface area contributed by atoms with Crippen molar-refractivity contribution < 1.29 is 9.18 Å². The Morgan fingerprint density at radius 2 is 1.79 bits per heavy atom. The lowest BCUT2D eigenvalue weighted by molar-refractivity contribution is -0.121. The zero-order valence-corrected chi connectivity index (χ0v) is 15.9. The van der Waals surface area contributed by atoms with E-state index in [9.17, 15) is 9.18 Å². The lowest BCUT2D eigenvalue weighted by Crippen LogP contribution is -2.27. The van der Waals surface area contributed by atoms with Crippen molar-refractivity contribution in [1.82, 2.24) is 15.3 Å². The van der Waals surface area contributed by atoms with Crippen LogP contribution in [0.2, 0.25) is 0 Å². The molecule has 4 rings (SSSR count). The first kappa shape index (κ1) is 18.9. The van der Waals surface area contributed by atoms with E-state index in [1.807, 2.05) is 48.7 Å². The number of aromatic amines is 1. The number of aromatic nitrogens is 2. The second-order valence-corrected chi connectivity index (χ2v) is 6.99. The molecule has 1 amide bonds. The Kier molecular flexibility index (Phi) is 5.66. The van der Waals surface area contributed by atoms with Gasteiger partial charge in [0.25, 0.3) is 0 Å². The van der Waals surface area contributed by atoms with Gasteiger partial charge in [0.05, 0.1) is 0 Å². The van der Waals surface area contributed by atoms with E-state index in [-0.39, 0.29) is 24.1 Å². The van der Waals surface area contributed by atoms with Crippen molar-refractivity contribution in [3.8, 4) is 0 Å². The number of hydrogen-bond acceptors (Lipinski definition) is 2. The second kappa shape index (κ2) is 8.69. The molecule has 0 aliphatic carbocycles. The van der Waals surface area contributed by atoms with E-state index in [2.05, 4.69) is 15.3 Å². The fourth-order valence-electron chi connectivity index (χ4n) is 3.66. The first-order valence-electron chi connectivity index (χ1n) is 9.69. The van der Waals surface area contributed by atoms with Crippen molar-refractivity contribution >= 4 is 16.8 Å². The predicted octanol–water partition coefficient (Wildman–Crippen LogP) is 4.58. The highest BCUT2D eigenvalue weighted by Crippen LogP contribution is 2.34. The maximum Gasteiger partial charge on any atom is 0.220 e. The molecule has 1 unspecified atom stereocenters. The molecular formula is C24H22FN3O. The molecule has 2 N–H and O–H groups in total. The highest BCUT2D eigenvalue weighted by Gasteiger charge is 2.23. The first-order chi connectivity index (χ1) is 14.2. The Bertz CT molecular complexity index is 1110. The third-order valence-corrected chi connectivity index (χ3v) is 5.10. The molecule has 2 aromatic carbocycles. The number of halogens is 1. The summed E-state index contributed by atoms with van der Waals surface area (Å²) in [5, 5.41) is 3.95. The summed E-state index contributed by atoms with van der Waals surface area (Å²) in [5.74, 6) is -0.786. The lowest BCUT2D eigenvalue weighted by atomic mass is 9.87. The third kappa shape index (κ3) is 4.35. The molecule has 4 aromatic rings. The summed E-state index contributed by atoms with van der Waals surface area (Å²) in [6.45, 7) is 0.494. The van der Waals surface area contributed by atoms with Crippen LogP contribution in [-0.4, -0.2) is 22.4 Å². The monoisotopic (exact) mass is 387 g/mol. The number of benzene rings is 2. The van der Waals surface area contributed by atoms with Gasteiger partial charge in [0, 0.05) is 54.3 Å². The molecule has 2 heterocycles. The van der Waals surface area contributed by atoms with Gasteiger partial charge in [0.1, 0.15) is 5.82 Å². The van der Waals surface area contributed by atoms with Crippen molar-refractivity contribution in [2.75, 3.05) is 6.54 Å². The molecule has 0 radical (unpaired) electrons. The summed E-state index contributed by atoms with van der Waals surface area (Å²) < 4.78 is 14.6. The third-order valence-electron chi connectivity index (χ3n) is 5.10. The molecule has 0 spiro atoms. The zero-order valence-electron chi connectivity index (χ0n) is 15.9. The van der Waals surface area contributed by atoms with E-state index < -0.39 is 0 Å². The van der Waals surface area contributed by atoms with Gasteiger partial charge in [-0.15, -0.1) is 0 Å². The van der Waals surface area contributed by atoms with E-state index in [4.69, 9.17) is 0 Å². The largest absolute Gasteiger partial charge is 0.361 e. The molecule has 4 nitrogen and oxygen atoms in total. The summed E-state index contributed by atoms with van der Waals surface area (Å²) >= 11 is 0. The number of nitrogens with one attached hydrogen (secondary N) is 2. The van der Waals surface area contributed by atoms with E-state index in [1.54, 1.807) is 24.4 Å². The van der Waals surface area contributed by atoms with Crippen LogP contribution >= 0.6 is 0 Å². The first-order valence-corrected chi connectivity index (χ1v) is 9.69. The molecule has 0 bridgehead atoms. The quantitative estimate of drug-likeness (QED) is 0.488. The standard InChI is InChI=1S/C24H22FN3O/c25-22-10-3-1-8-18(22)20(21-16-28-23-11-4-2-9-19(21)23)15-24(29)27-14-12-17-7-5-6-13-26-17/h1-11,13,16,20,28H,12,14-15H2,(H,27,29). The maximum absolute atomic E-state index is 14.6. The number of hydrogen-bond donors (Lipinski definition) is 2. The number of H-pyrrole nitrogens is 1. The summed E-state index contributed by atoms with van der Waals surface area (Å²) in [6, 6.07) is 20.3. The van der Waals surface area contributed by atoms with Crippen molar-refractivity contribution in [2.45, 2.75) is 18.8 Å². The zero-order chi connectivity index (χ0) is 20.1. The highest BCUT2D eigenvalue weighted by atomic mass is 19.1. The van der Waals surface area contributed by atoms with Gasteiger partial charge in [0.2, 0.25) is 5.91 Å². The number of carbonyl (C=O) groups is 1. The molecular weight excluding hydrogens is 365 g/mol. The van der Waals surface area contributed by atoms with Crippen LogP contribution in [0.1, 0.15) is 29.2 Å². The summed E-state index contributed by atoms with van der Waals surface area (Å²) in [7, 11) is 0. The molecule has 146 valence electrons. The summed E-state index contributed by atoms with van der Waals surface area (Å²) in [4.78, 5) is 20.2. The molecule has 0 aliphatic heterocycles. The molecule has 29 heavy (non-hydrogen) atoms. The van der Waals surface area contributed by atoms with E-state index in [1.165, 1.54) is 6.07 Å². The highest BCUT2D eigenvalue weighted by molar-refractivity contribution is 5.86. The molecule has 0 saturated carbocycles. The minimum Gasteiger partial charge on any atom is -0.361 e. The van der Waals surface area contributed by atoms with Crippen LogP contribution in [-0.2, 0) is 11.2 Å². The number of amides is 1. The summed E-state index contributed by atoms with van der Waals surface area (Å²) in [5.41, 5.74) is 3.34. The Morgan fingerprint density at radius 3 is 2.62 bits per heavy atom. The van der Waals surface area contributed by atoms with Gasteiger partial charge < -0.3 is 10.3 Å². The Balaban J connectivity index is 1.54. The number of rotatable bonds is 7. The normalized spacial score (nSPS) is 12.0. The van der Waals surface area contributed by atoms with Gasteiger partial charge in [-0.3, -0.25) is 9.78 Å². The minimum absolute atomic E-state index is 0.112. The van der Waals surface area contributed by atoms with Gasteiger partial charge in [-0.2, -0.15) is 0 Å². The van der Waals surface area contributed by atoms with Gasteiger partial charge >= 0.3 is 0 Å². The van der Waals surface area contributed by atoms with Gasteiger partial charge in [-0.05, 0) is 35.4 Å². The number of fused-ring (bicyclic) bond motifs is 1. The second-order valence-electron chi connectivity index (χ2n) is 6.99. The van der Waals surface area contributed by atoms with E-state index in [0.29, 0.717) is 18.5 Å². The topological polar surface area (TPSA) is 57.8 Å². The fraction of sp³-hybridized carbons (Fsp3) is 0.167. The lowest BCUT2D eigenvalue weighted by Gasteiger charge is -2.18. The molecule has 2 aromatic heterocycles. The number of carbonyl (C=O) groups excluding carboxylic acids is 1. The van der Waals surface area contributed by atoms with Crippen LogP contribution in [0.3, 0.4) is 0 Å². The van der Waals surface area contributed by atoms with Gasteiger partial charge in [0.15, 0.2) is 0 Å². The Morgan fingerprint density at radius 1 is 1.00 bits per heavy atom. The molecule has 1 atom stereocenters. The van der Waals surface area contributed by atoms with Crippen molar-refractivity contribution in [3.05, 3.63) is 102 Å². The smallest absolute Gasteiger partial charge is 0.220 e. The number of nitrogens with zero attached hydrogens (tertiary/aromatic N) is 1. The number of para-hydroxylation sites is 1. The SMILES string of the molecule is O=C(CC(c1ccccc1F)c1c[nH]c2ccccc12)NCCc1ccccn1. The van der Waals surface area contributed by atoms with Gasteiger partial charge in [-0.1, -0.05) is 42.5 Å². The van der Waals surface area contributed by atoms with E-state index >= 15 is 0 Å². The van der Waals surface area contributed by atoms with Gasteiger partial charge in [-0.25, -0.2) is 4.39 Å². The fourth-order valence-corrected chi connectivity index (χ4v) is 3.66. The predicted molar refractivity (Wildman–Crippen MR) is 112 cm³/mol. The average molecular weight is 387 g/mol. The summed E-state index contributed by atoms with van der Waals surface area (Å²) in [6.07, 6.45) is 4.44. The average Bonchev–Trinajstić information content (AvgIpc) is 3.17. The minimum atomic E-state index is -0.373. The van der Waals surface area contributed by atoms with Crippen LogP contribution in [0.4, 0.5) is 4.39 Å². The Hall–Kier alpha value is -3.47. The molecule has 0 fully saturated rings. The van der Waals surface area contributed by atoms with Crippen molar-refractivity contribution in [3.63, 3.8) is 0 Å². The van der Waals surface area contributed by atoms with E-state index in [0.717, 1.165) is 22.2 Å². The van der Waals surface area contributed by atoms with Crippen molar-refractivity contribution in [1.29, 1.82) is 0 Å². The molecule has 5 heteroatoms.